The van der Waals surface area contributed by atoms with Crippen LogP contribution in [0.5, 0.6) is 0 Å². The summed E-state index contributed by atoms with van der Waals surface area (Å²) in [7, 11) is 0. The summed E-state index contributed by atoms with van der Waals surface area (Å²) in [5, 5.41) is 7.33. The second-order valence-electron chi connectivity index (χ2n) is 7.48. The van der Waals surface area contributed by atoms with Crippen LogP contribution in [0, 0.1) is 12.7 Å². The molecule has 0 saturated carbocycles. The number of amides is 1. The number of nitrogens with zero attached hydrogens (tertiary/aromatic N) is 3. The maximum atomic E-state index is 14.7. The molecule has 152 valence electrons. The first-order valence-electron chi connectivity index (χ1n) is 9.60. The Hall–Kier alpha value is -3.00. The van der Waals surface area contributed by atoms with Crippen molar-refractivity contribution in [2.24, 2.45) is 0 Å². The number of carbonyl (C=O) groups is 1. The summed E-state index contributed by atoms with van der Waals surface area (Å²) < 4.78 is 25.5. The number of ether oxygens (including phenoxy) is 1. The highest BCUT2D eigenvalue weighted by molar-refractivity contribution is 5.96. The molecule has 0 unspecified atom stereocenters. The van der Waals surface area contributed by atoms with Gasteiger partial charge in [0.15, 0.2) is 0 Å². The summed E-state index contributed by atoms with van der Waals surface area (Å²) in [6.07, 6.45) is 1.54. The van der Waals surface area contributed by atoms with Crippen LogP contribution in [-0.2, 0) is 11.3 Å². The van der Waals surface area contributed by atoms with E-state index in [-0.39, 0.29) is 30.5 Å². The number of benzene rings is 1. The number of aryl methyl sites for hydroxylation is 1. The SMILES string of the molecule is Cc1noc2ncc(C(=O)NCc3ccc(N4C[C@@H](C)O[C@@H](C)C4)c(F)c3)cc12. The second-order valence-corrected chi connectivity index (χ2v) is 7.48. The van der Waals surface area contributed by atoms with Crippen LogP contribution in [0.4, 0.5) is 10.1 Å². The minimum atomic E-state index is -0.304. The van der Waals surface area contributed by atoms with Gasteiger partial charge in [0.2, 0.25) is 0 Å². The molecular weight excluding hydrogens is 375 g/mol. The Morgan fingerprint density at radius 3 is 2.76 bits per heavy atom. The average Bonchev–Trinajstić information content (AvgIpc) is 3.05. The number of nitrogens with one attached hydrogen (secondary N) is 1. The molecule has 29 heavy (non-hydrogen) atoms. The van der Waals surface area contributed by atoms with Gasteiger partial charge in [-0.15, -0.1) is 0 Å². The summed E-state index contributed by atoms with van der Waals surface area (Å²) in [6.45, 7) is 7.27. The molecule has 0 aliphatic carbocycles. The molecule has 3 heterocycles. The van der Waals surface area contributed by atoms with Gasteiger partial charge < -0.3 is 19.5 Å². The minimum Gasteiger partial charge on any atom is -0.372 e. The standard InChI is InChI=1S/C21H23FN4O3/c1-12-10-26(11-13(2)28-12)19-5-4-15(6-18(19)22)8-23-20(27)16-7-17-14(3)25-29-21(17)24-9-16/h4-7,9,12-13H,8,10-11H2,1-3H3,(H,23,27)/t12-,13+. The van der Waals surface area contributed by atoms with Crippen molar-refractivity contribution >= 4 is 22.7 Å². The lowest BCUT2D eigenvalue weighted by atomic mass is 10.1. The third-order valence-electron chi connectivity index (χ3n) is 5.00. The molecule has 2 aromatic heterocycles. The van der Waals surface area contributed by atoms with E-state index in [0.29, 0.717) is 46.7 Å². The Morgan fingerprint density at radius 1 is 1.28 bits per heavy atom. The molecule has 7 nitrogen and oxygen atoms in total. The maximum absolute atomic E-state index is 14.7. The molecule has 1 aliphatic heterocycles. The number of pyridine rings is 1. The van der Waals surface area contributed by atoms with Crippen molar-refractivity contribution in [3.8, 4) is 0 Å². The van der Waals surface area contributed by atoms with Crippen molar-refractivity contribution in [3.63, 3.8) is 0 Å². The third-order valence-corrected chi connectivity index (χ3v) is 5.00. The Kier molecular flexibility index (Phi) is 5.19. The van der Waals surface area contributed by atoms with Crippen molar-refractivity contribution in [1.29, 1.82) is 0 Å². The summed E-state index contributed by atoms with van der Waals surface area (Å²) >= 11 is 0. The number of hydrogen-bond acceptors (Lipinski definition) is 6. The molecule has 1 saturated heterocycles. The molecule has 1 fully saturated rings. The third kappa shape index (κ3) is 4.07. The number of rotatable bonds is 4. The van der Waals surface area contributed by atoms with Crippen molar-refractivity contribution in [2.75, 3.05) is 18.0 Å². The van der Waals surface area contributed by atoms with Gasteiger partial charge in [-0.3, -0.25) is 4.79 Å². The van der Waals surface area contributed by atoms with Gasteiger partial charge in [0.25, 0.3) is 11.6 Å². The van der Waals surface area contributed by atoms with Crippen molar-refractivity contribution in [2.45, 2.75) is 39.5 Å². The van der Waals surface area contributed by atoms with E-state index in [1.54, 1.807) is 19.1 Å². The summed E-state index contributed by atoms with van der Waals surface area (Å²) in [5.41, 5.74) is 2.70. The van der Waals surface area contributed by atoms with Gasteiger partial charge in [-0.05, 0) is 44.5 Å². The zero-order valence-corrected chi connectivity index (χ0v) is 16.6. The van der Waals surface area contributed by atoms with Crippen LogP contribution < -0.4 is 10.2 Å². The molecule has 1 amide bonds. The predicted molar refractivity (Wildman–Crippen MR) is 106 cm³/mol. The number of anilines is 1. The lowest BCUT2D eigenvalue weighted by Gasteiger charge is -2.37. The zero-order chi connectivity index (χ0) is 20.5. The molecule has 1 aromatic carbocycles. The van der Waals surface area contributed by atoms with Gasteiger partial charge in [-0.25, -0.2) is 9.37 Å². The van der Waals surface area contributed by atoms with Gasteiger partial charge in [0, 0.05) is 25.8 Å². The monoisotopic (exact) mass is 398 g/mol. The summed E-state index contributed by atoms with van der Waals surface area (Å²) in [6, 6.07) is 6.74. The highest BCUT2D eigenvalue weighted by Gasteiger charge is 2.24. The largest absolute Gasteiger partial charge is 0.372 e. The molecule has 3 aromatic rings. The fourth-order valence-corrected chi connectivity index (χ4v) is 3.65. The number of hydrogen-bond donors (Lipinski definition) is 1. The smallest absolute Gasteiger partial charge is 0.257 e. The van der Waals surface area contributed by atoms with Crippen LogP contribution in [0.25, 0.3) is 11.1 Å². The number of morpholine rings is 1. The van der Waals surface area contributed by atoms with Crippen LogP contribution in [0.3, 0.4) is 0 Å². The van der Waals surface area contributed by atoms with Crippen LogP contribution >= 0.6 is 0 Å². The minimum absolute atomic E-state index is 0.0529. The molecule has 0 radical (unpaired) electrons. The van der Waals surface area contributed by atoms with Crippen LogP contribution in [0.2, 0.25) is 0 Å². The van der Waals surface area contributed by atoms with Gasteiger partial charge in [-0.1, -0.05) is 11.2 Å². The van der Waals surface area contributed by atoms with Crippen molar-refractivity contribution < 1.29 is 18.4 Å². The van der Waals surface area contributed by atoms with E-state index in [1.807, 2.05) is 24.8 Å². The molecule has 0 spiro atoms. The Bertz CT molecular complexity index is 1040. The van der Waals surface area contributed by atoms with Crippen LogP contribution in [-0.4, -0.2) is 41.3 Å². The first-order valence-corrected chi connectivity index (χ1v) is 9.60. The van der Waals surface area contributed by atoms with Gasteiger partial charge in [-0.2, -0.15) is 0 Å². The van der Waals surface area contributed by atoms with Crippen LogP contribution in [0.1, 0.15) is 35.5 Å². The molecule has 0 bridgehead atoms. The fourth-order valence-electron chi connectivity index (χ4n) is 3.65. The number of halogens is 1. The Morgan fingerprint density at radius 2 is 2.03 bits per heavy atom. The number of aromatic nitrogens is 2. The topological polar surface area (TPSA) is 80.5 Å². The highest BCUT2D eigenvalue weighted by atomic mass is 19.1. The molecule has 1 aliphatic rings. The maximum Gasteiger partial charge on any atom is 0.257 e. The lowest BCUT2D eigenvalue weighted by Crippen LogP contribution is -2.45. The fraction of sp³-hybridized carbons (Fsp3) is 0.381. The van der Waals surface area contributed by atoms with E-state index >= 15 is 0 Å². The second kappa shape index (κ2) is 7.79. The number of carbonyl (C=O) groups excluding carboxylic acids is 1. The van der Waals surface area contributed by atoms with Gasteiger partial charge in [0.1, 0.15) is 5.82 Å². The lowest BCUT2D eigenvalue weighted by molar-refractivity contribution is -0.00539. The molecular formula is C21H23FN4O3. The Balaban J connectivity index is 1.43. The predicted octanol–water partition coefficient (Wildman–Crippen LogP) is 3.21. The first kappa shape index (κ1) is 19.3. The van der Waals surface area contributed by atoms with Crippen LogP contribution in [0.15, 0.2) is 35.0 Å². The van der Waals surface area contributed by atoms with E-state index in [0.717, 1.165) is 0 Å². The van der Waals surface area contributed by atoms with Crippen molar-refractivity contribution in [1.82, 2.24) is 15.5 Å². The molecule has 1 N–H and O–H groups in total. The van der Waals surface area contributed by atoms with Gasteiger partial charge >= 0.3 is 0 Å². The van der Waals surface area contributed by atoms with E-state index in [2.05, 4.69) is 15.5 Å². The number of fused-ring (bicyclic) bond motifs is 1. The van der Waals surface area contributed by atoms with E-state index in [9.17, 15) is 9.18 Å². The van der Waals surface area contributed by atoms with E-state index in [1.165, 1.54) is 12.3 Å². The van der Waals surface area contributed by atoms with Crippen molar-refractivity contribution in [3.05, 3.63) is 53.1 Å². The summed E-state index contributed by atoms with van der Waals surface area (Å²) in [5.74, 6) is -0.596. The molecule has 2 atom stereocenters. The summed E-state index contributed by atoms with van der Waals surface area (Å²) in [4.78, 5) is 18.5. The quantitative estimate of drug-likeness (QED) is 0.727. The van der Waals surface area contributed by atoms with E-state index in [4.69, 9.17) is 9.26 Å². The van der Waals surface area contributed by atoms with E-state index < -0.39 is 0 Å². The zero-order valence-electron chi connectivity index (χ0n) is 16.6. The molecule has 8 heteroatoms. The average molecular weight is 398 g/mol. The highest BCUT2D eigenvalue weighted by Crippen LogP contribution is 2.24. The molecule has 4 rings (SSSR count). The Labute approximate surface area is 167 Å². The van der Waals surface area contributed by atoms with Gasteiger partial charge in [0.05, 0.1) is 34.5 Å². The normalized spacial score (nSPS) is 19.5. The first-order chi connectivity index (χ1) is 13.9.